The number of halogens is 1. The standard InChI is InChI=1S/C33H44N4O3.ClH/c1-40-29-13-11-25(12-14-29)21-36-20-17-33(31(36)38)15-18-35(19-16-33)22-27-23-37(32(39)34-28-9-5-6-10-28)24-30(27)26-7-3-2-4-8-26;/h2-4,7-8,11-14,27-28,30H,5-6,9-10,15-24H2,1H3,(H,34,39);1H/t27-,30+;/m0./s1. The van der Waals surface area contributed by atoms with E-state index in [-0.39, 0.29) is 23.9 Å². The zero-order valence-corrected chi connectivity index (χ0v) is 25.1. The van der Waals surface area contributed by atoms with Crippen molar-refractivity contribution >= 4 is 24.3 Å². The van der Waals surface area contributed by atoms with Crippen LogP contribution in [0.15, 0.2) is 54.6 Å². The predicted octanol–water partition coefficient (Wildman–Crippen LogP) is 5.30. The Morgan fingerprint density at radius 2 is 1.63 bits per heavy atom. The van der Waals surface area contributed by atoms with Gasteiger partial charge < -0.3 is 24.8 Å². The molecule has 0 radical (unpaired) electrons. The number of benzene rings is 2. The number of methoxy groups -OCH3 is 1. The highest BCUT2D eigenvalue weighted by atomic mass is 35.5. The average Bonchev–Trinajstić information content (AvgIpc) is 3.72. The molecule has 3 aliphatic heterocycles. The molecule has 1 saturated carbocycles. The molecule has 41 heavy (non-hydrogen) atoms. The van der Waals surface area contributed by atoms with Gasteiger partial charge in [0.2, 0.25) is 5.91 Å². The SMILES string of the molecule is COc1ccc(CN2CCC3(CCN(C[C@H]4CN(C(=O)NC5CCCC5)C[C@@H]4c4ccccc4)CC3)C2=O)cc1.Cl. The Bertz CT molecular complexity index is 1160. The molecule has 3 saturated heterocycles. The highest BCUT2D eigenvalue weighted by Crippen LogP contribution is 2.43. The van der Waals surface area contributed by atoms with E-state index in [9.17, 15) is 9.59 Å². The molecule has 0 unspecified atom stereocenters. The summed E-state index contributed by atoms with van der Waals surface area (Å²) in [6.07, 6.45) is 7.48. The molecule has 1 spiro atoms. The van der Waals surface area contributed by atoms with Gasteiger partial charge in [-0.3, -0.25) is 4.79 Å². The largest absolute Gasteiger partial charge is 0.497 e. The van der Waals surface area contributed by atoms with Crippen LogP contribution in [0.1, 0.15) is 62.0 Å². The number of hydrogen-bond donors (Lipinski definition) is 1. The van der Waals surface area contributed by atoms with E-state index < -0.39 is 0 Å². The van der Waals surface area contributed by atoms with E-state index in [1.807, 2.05) is 12.1 Å². The summed E-state index contributed by atoms with van der Waals surface area (Å²) >= 11 is 0. The molecule has 4 aliphatic rings. The van der Waals surface area contributed by atoms with Crippen LogP contribution in [0.5, 0.6) is 5.75 Å². The molecule has 222 valence electrons. The molecule has 1 N–H and O–H groups in total. The number of carbonyl (C=O) groups is 2. The number of nitrogens with zero attached hydrogens (tertiary/aromatic N) is 3. The Hall–Kier alpha value is -2.77. The number of nitrogens with one attached hydrogen (secondary N) is 1. The van der Waals surface area contributed by atoms with Crippen LogP contribution in [0, 0.1) is 11.3 Å². The summed E-state index contributed by atoms with van der Waals surface area (Å²) in [5.74, 6) is 1.92. The summed E-state index contributed by atoms with van der Waals surface area (Å²) in [5.41, 5.74) is 2.28. The van der Waals surface area contributed by atoms with Crippen LogP contribution >= 0.6 is 12.4 Å². The smallest absolute Gasteiger partial charge is 0.317 e. The maximum absolute atomic E-state index is 13.6. The molecule has 8 heteroatoms. The number of rotatable bonds is 7. The fraction of sp³-hybridized carbons (Fsp3) is 0.576. The molecule has 2 aromatic rings. The third kappa shape index (κ3) is 6.51. The van der Waals surface area contributed by atoms with Crippen LogP contribution in [-0.2, 0) is 11.3 Å². The first-order valence-electron chi connectivity index (χ1n) is 15.3. The zero-order valence-electron chi connectivity index (χ0n) is 24.3. The molecule has 2 aromatic carbocycles. The number of hydrogen-bond acceptors (Lipinski definition) is 4. The molecule has 6 rings (SSSR count). The van der Waals surface area contributed by atoms with E-state index in [2.05, 4.69) is 62.5 Å². The van der Waals surface area contributed by atoms with E-state index in [0.717, 1.165) is 82.7 Å². The van der Waals surface area contributed by atoms with Crippen LogP contribution < -0.4 is 10.1 Å². The van der Waals surface area contributed by atoms with Crippen molar-refractivity contribution < 1.29 is 14.3 Å². The average molecular weight is 581 g/mol. The first-order chi connectivity index (χ1) is 19.5. The predicted molar refractivity (Wildman–Crippen MR) is 163 cm³/mol. The van der Waals surface area contributed by atoms with Crippen molar-refractivity contribution in [3.8, 4) is 5.75 Å². The van der Waals surface area contributed by atoms with Crippen LogP contribution in [0.3, 0.4) is 0 Å². The Kier molecular flexibility index (Phi) is 9.45. The van der Waals surface area contributed by atoms with Crippen molar-refractivity contribution in [1.29, 1.82) is 0 Å². The van der Waals surface area contributed by atoms with Gasteiger partial charge in [-0.05, 0) is 74.4 Å². The summed E-state index contributed by atoms with van der Waals surface area (Å²) in [5, 5.41) is 3.31. The van der Waals surface area contributed by atoms with Gasteiger partial charge in [0.05, 0.1) is 12.5 Å². The lowest BCUT2D eigenvalue weighted by atomic mass is 9.76. The second-order valence-corrected chi connectivity index (χ2v) is 12.5. The summed E-state index contributed by atoms with van der Waals surface area (Å²) in [6.45, 7) is 5.98. The summed E-state index contributed by atoms with van der Waals surface area (Å²) in [4.78, 5) is 33.4. The Labute approximate surface area is 251 Å². The van der Waals surface area contributed by atoms with Gasteiger partial charge in [-0.2, -0.15) is 0 Å². The van der Waals surface area contributed by atoms with Crippen molar-refractivity contribution in [3.63, 3.8) is 0 Å². The molecule has 0 aromatic heterocycles. The van der Waals surface area contributed by atoms with Crippen LogP contribution in [0.2, 0.25) is 0 Å². The normalized spacial score (nSPS) is 24.6. The highest BCUT2D eigenvalue weighted by molar-refractivity contribution is 5.85. The van der Waals surface area contributed by atoms with E-state index >= 15 is 0 Å². The minimum atomic E-state index is -0.204. The lowest BCUT2D eigenvalue weighted by Crippen LogP contribution is -2.46. The number of ether oxygens (including phenoxy) is 1. The number of piperidine rings is 1. The van der Waals surface area contributed by atoms with Gasteiger partial charge in [0.1, 0.15) is 5.75 Å². The van der Waals surface area contributed by atoms with E-state index in [1.165, 1.54) is 18.4 Å². The van der Waals surface area contributed by atoms with E-state index in [0.29, 0.717) is 30.3 Å². The molecule has 0 bridgehead atoms. The Morgan fingerprint density at radius 1 is 0.951 bits per heavy atom. The second-order valence-electron chi connectivity index (χ2n) is 12.5. The fourth-order valence-electron chi connectivity index (χ4n) is 7.59. The van der Waals surface area contributed by atoms with E-state index in [1.54, 1.807) is 7.11 Å². The van der Waals surface area contributed by atoms with Gasteiger partial charge in [0, 0.05) is 44.7 Å². The second kappa shape index (κ2) is 13.0. The number of carbonyl (C=O) groups excluding carboxylic acids is 2. The van der Waals surface area contributed by atoms with Gasteiger partial charge in [-0.25, -0.2) is 4.79 Å². The van der Waals surface area contributed by atoms with Gasteiger partial charge in [-0.15, -0.1) is 12.4 Å². The lowest BCUT2D eigenvalue weighted by Gasteiger charge is -2.39. The summed E-state index contributed by atoms with van der Waals surface area (Å²) in [6, 6.07) is 19.2. The summed E-state index contributed by atoms with van der Waals surface area (Å²) in [7, 11) is 1.67. The third-order valence-electron chi connectivity index (χ3n) is 10.1. The number of likely N-dealkylation sites (tertiary alicyclic amines) is 3. The van der Waals surface area contributed by atoms with Crippen molar-refractivity contribution in [2.24, 2.45) is 11.3 Å². The minimum Gasteiger partial charge on any atom is -0.497 e. The first kappa shape index (κ1) is 29.7. The number of urea groups is 1. The maximum atomic E-state index is 13.6. The molecule has 1 aliphatic carbocycles. The van der Waals surface area contributed by atoms with Gasteiger partial charge >= 0.3 is 6.03 Å². The molecule has 4 fully saturated rings. The highest BCUT2D eigenvalue weighted by Gasteiger charge is 2.48. The lowest BCUT2D eigenvalue weighted by molar-refractivity contribution is -0.139. The van der Waals surface area contributed by atoms with Crippen LogP contribution in [0.4, 0.5) is 4.79 Å². The molecule has 7 nitrogen and oxygen atoms in total. The van der Waals surface area contributed by atoms with Crippen molar-refractivity contribution in [2.45, 2.75) is 63.5 Å². The monoisotopic (exact) mass is 580 g/mol. The molecule has 3 heterocycles. The fourth-order valence-corrected chi connectivity index (χ4v) is 7.59. The first-order valence-corrected chi connectivity index (χ1v) is 15.3. The molecule has 2 atom stereocenters. The maximum Gasteiger partial charge on any atom is 0.317 e. The van der Waals surface area contributed by atoms with Crippen molar-refractivity contribution in [1.82, 2.24) is 20.0 Å². The van der Waals surface area contributed by atoms with Crippen LogP contribution in [0.25, 0.3) is 0 Å². The molecule has 3 amide bonds. The van der Waals surface area contributed by atoms with Gasteiger partial charge in [-0.1, -0.05) is 55.3 Å². The molecular formula is C33H45ClN4O3. The van der Waals surface area contributed by atoms with Crippen LogP contribution in [-0.4, -0.2) is 79.1 Å². The van der Waals surface area contributed by atoms with Gasteiger partial charge in [0.15, 0.2) is 0 Å². The summed E-state index contributed by atoms with van der Waals surface area (Å²) < 4.78 is 5.28. The van der Waals surface area contributed by atoms with E-state index in [4.69, 9.17) is 4.74 Å². The molecular weight excluding hydrogens is 536 g/mol. The zero-order chi connectivity index (χ0) is 27.5. The Morgan fingerprint density at radius 3 is 2.32 bits per heavy atom. The Balaban J connectivity index is 0.00000337. The topological polar surface area (TPSA) is 65.1 Å². The van der Waals surface area contributed by atoms with Gasteiger partial charge in [0.25, 0.3) is 0 Å². The van der Waals surface area contributed by atoms with Crippen molar-refractivity contribution in [2.75, 3.05) is 46.4 Å². The minimum absolute atomic E-state index is 0. The quantitative estimate of drug-likeness (QED) is 0.483. The van der Waals surface area contributed by atoms with Crippen molar-refractivity contribution in [3.05, 3.63) is 65.7 Å². The third-order valence-corrected chi connectivity index (χ3v) is 10.1. The number of amides is 3.